The molecule has 29 heavy (non-hydrogen) atoms. The average molecular weight is 410 g/mol. The third-order valence-electron chi connectivity index (χ3n) is 4.59. The van der Waals surface area contributed by atoms with Gasteiger partial charge in [-0.05, 0) is 36.4 Å². The summed E-state index contributed by atoms with van der Waals surface area (Å²) in [6, 6.07) is 13.6. The number of hydrogen-bond donors (Lipinski definition) is 2. The van der Waals surface area contributed by atoms with Gasteiger partial charge in [-0.3, -0.25) is 24.1 Å². The fourth-order valence-corrected chi connectivity index (χ4v) is 4.08. The van der Waals surface area contributed by atoms with Crippen molar-refractivity contribution in [2.75, 3.05) is 40.3 Å². The average Bonchev–Trinajstić information content (AvgIpc) is 3.11. The van der Waals surface area contributed by atoms with Crippen molar-refractivity contribution in [3.05, 3.63) is 54.1 Å². The zero-order valence-corrected chi connectivity index (χ0v) is 16.2. The number of carbonyl (C=O) groups is 4. The molecule has 1 fully saturated rings. The van der Waals surface area contributed by atoms with E-state index in [4.69, 9.17) is 0 Å². The summed E-state index contributed by atoms with van der Waals surface area (Å²) < 4.78 is 0. The third kappa shape index (κ3) is 4.09. The molecule has 0 bridgehead atoms. The molecule has 0 spiro atoms. The summed E-state index contributed by atoms with van der Waals surface area (Å²) in [5.41, 5.74) is 2.17. The highest BCUT2D eigenvalue weighted by atomic mass is 32.2. The van der Waals surface area contributed by atoms with Crippen LogP contribution in [-0.4, -0.2) is 53.2 Å². The van der Waals surface area contributed by atoms with Crippen molar-refractivity contribution in [3.8, 4) is 0 Å². The zero-order valence-electron chi connectivity index (χ0n) is 15.4. The highest BCUT2D eigenvalue weighted by Gasteiger charge is 2.27. The topological polar surface area (TPSA) is 98.8 Å². The van der Waals surface area contributed by atoms with Gasteiger partial charge in [-0.25, -0.2) is 0 Å². The van der Waals surface area contributed by atoms with Gasteiger partial charge in [0.15, 0.2) is 0 Å². The van der Waals surface area contributed by atoms with Crippen molar-refractivity contribution in [1.29, 1.82) is 0 Å². The molecule has 2 N–H and O–H groups in total. The number of benzene rings is 2. The fraction of sp³-hybridized carbons (Fsp3) is 0.200. The molecule has 2 aromatic carbocycles. The van der Waals surface area contributed by atoms with Crippen LogP contribution in [0.15, 0.2) is 48.5 Å². The number of amides is 4. The summed E-state index contributed by atoms with van der Waals surface area (Å²) in [4.78, 5) is 51.5. The van der Waals surface area contributed by atoms with Crippen molar-refractivity contribution < 1.29 is 19.2 Å². The van der Waals surface area contributed by atoms with Gasteiger partial charge >= 0.3 is 0 Å². The van der Waals surface area contributed by atoms with Crippen LogP contribution in [-0.2, 0) is 14.4 Å². The Hall–Kier alpha value is -3.33. The van der Waals surface area contributed by atoms with Crippen molar-refractivity contribution in [2.45, 2.75) is 0 Å². The fourth-order valence-electron chi connectivity index (χ4n) is 3.18. The number of para-hydroxylation sites is 2. The van der Waals surface area contributed by atoms with E-state index < -0.39 is 0 Å². The van der Waals surface area contributed by atoms with Crippen LogP contribution in [0.5, 0.6) is 0 Å². The SMILES string of the molecule is O=C(CN1CSCC1=O)Nc1ccc(C(=O)N2CC(=O)Nc3ccccc32)cc1. The van der Waals surface area contributed by atoms with Gasteiger partial charge in [0.05, 0.1) is 23.0 Å². The van der Waals surface area contributed by atoms with E-state index in [2.05, 4.69) is 10.6 Å². The second-order valence-electron chi connectivity index (χ2n) is 6.65. The second-order valence-corrected chi connectivity index (χ2v) is 7.61. The van der Waals surface area contributed by atoms with E-state index in [9.17, 15) is 19.2 Å². The Labute approximate surface area is 171 Å². The molecule has 2 aliphatic rings. The minimum Gasteiger partial charge on any atom is -0.325 e. The van der Waals surface area contributed by atoms with Crippen molar-refractivity contribution in [2.24, 2.45) is 0 Å². The number of nitrogens with zero attached hydrogens (tertiary/aromatic N) is 2. The lowest BCUT2D eigenvalue weighted by Gasteiger charge is -2.29. The summed E-state index contributed by atoms with van der Waals surface area (Å²) in [5.74, 6) is 0.0330. The minimum absolute atomic E-state index is 0.00614. The molecule has 148 valence electrons. The van der Waals surface area contributed by atoms with Crippen LogP contribution in [0, 0.1) is 0 Å². The van der Waals surface area contributed by atoms with Gasteiger partial charge < -0.3 is 15.5 Å². The van der Waals surface area contributed by atoms with Gasteiger partial charge in [0.1, 0.15) is 13.1 Å². The van der Waals surface area contributed by atoms with Crippen molar-refractivity contribution >= 4 is 52.5 Å². The van der Waals surface area contributed by atoms with Gasteiger partial charge in [-0.2, -0.15) is 0 Å². The first-order chi connectivity index (χ1) is 14.0. The highest BCUT2D eigenvalue weighted by molar-refractivity contribution is 8.00. The molecule has 9 heteroatoms. The zero-order chi connectivity index (χ0) is 20.4. The molecule has 2 aliphatic heterocycles. The molecule has 0 atom stereocenters. The van der Waals surface area contributed by atoms with Gasteiger partial charge in [0, 0.05) is 11.3 Å². The monoisotopic (exact) mass is 410 g/mol. The van der Waals surface area contributed by atoms with Crippen LogP contribution < -0.4 is 15.5 Å². The van der Waals surface area contributed by atoms with Gasteiger partial charge in [0.25, 0.3) is 5.91 Å². The summed E-state index contributed by atoms with van der Waals surface area (Å²) >= 11 is 1.48. The largest absolute Gasteiger partial charge is 0.325 e. The minimum atomic E-state index is -0.301. The third-order valence-corrected chi connectivity index (χ3v) is 5.54. The lowest BCUT2D eigenvalue weighted by atomic mass is 10.1. The van der Waals surface area contributed by atoms with Crippen molar-refractivity contribution in [1.82, 2.24) is 4.90 Å². The van der Waals surface area contributed by atoms with Crippen LogP contribution in [0.4, 0.5) is 17.1 Å². The van der Waals surface area contributed by atoms with E-state index in [0.29, 0.717) is 34.3 Å². The Morgan fingerprint density at radius 3 is 2.55 bits per heavy atom. The van der Waals surface area contributed by atoms with Crippen LogP contribution in [0.2, 0.25) is 0 Å². The molecule has 4 rings (SSSR count). The van der Waals surface area contributed by atoms with Crippen LogP contribution >= 0.6 is 11.8 Å². The molecule has 4 amide bonds. The summed E-state index contributed by atoms with van der Waals surface area (Å²) in [6.07, 6.45) is 0. The lowest BCUT2D eigenvalue weighted by molar-refractivity contribution is -0.130. The molecule has 2 aromatic rings. The molecular formula is C20H18N4O4S. The number of anilines is 3. The maximum absolute atomic E-state index is 12.9. The second kappa shape index (κ2) is 7.96. The number of thioether (sulfide) groups is 1. The Bertz CT molecular complexity index is 992. The van der Waals surface area contributed by atoms with Gasteiger partial charge in [-0.15, -0.1) is 11.8 Å². The number of rotatable bonds is 4. The number of hydrogen-bond acceptors (Lipinski definition) is 5. The van der Waals surface area contributed by atoms with E-state index in [0.717, 1.165) is 0 Å². The first kappa shape index (κ1) is 19.0. The molecule has 2 heterocycles. The Balaban J connectivity index is 1.44. The first-order valence-electron chi connectivity index (χ1n) is 8.97. The van der Waals surface area contributed by atoms with E-state index in [-0.39, 0.29) is 36.7 Å². The summed E-state index contributed by atoms with van der Waals surface area (Å²) in [7, 11) is 0. The molecular weight excluding hydrogens is 392 g/mol. The predicted molar refractivity (Wildman–Crippen MR) is 111 cm³/mol. The molecule has 0 unspecified atom stereocenters. The normalized spacial score (nSPS) is 15.7. The molecule has 0 aromatic heterocycles. The van der Waals surface area contributed by atoms with Crippen molar-refractivity contribution in [3.63, 3.8) is 0 Å². The standard InChI is InChI=1S/C20H18N4O4S/c25-17(9-23-12-29-11-19(23)27)21-14-7-5-13(6-8-14)20(28)24-10-18(26)22-15-3-1-2-4-16(15)24/h1-8H,9-12H2,(H,21,25)(H,22,26). The highest BCUT2D eigenvalue weighted by Crippen LogP contribution is 2.30. The lowest BCUT2D eigenvalue weighted by Crippen LogP contribution is -2.42. The number of carbonyl (C=O) groups excluding carboxylic acids is 4. The maximum atomic E-state index is 12.9. The molecule has 0 saturated carbocycles. The maximum Gasteiger partial charge on any atom is 0.258 e. The van der Waals surface area contributed by atoms with E-state index >= 15 is 0 Å². The van der Waals surface area contributed by atoms with Gasteiger partial charge in [-0.1, -0.05) is 12.1 Å². The Morgan fingerprint density at radius 1 is 1.07 bits per heavy atom. The van der Waals surface area contributed by atoms with Crippen LogP contribution in [0.1, 0.15) is 10.4 Å². The number of nitrogens with one attached hydrogen (secondary N) is 2. The van der Waals surface area contributed by atoms with Crippen LogP contribution in [0.25, 0.3) is 0 Å². The smallest absolute Gasteiger partial charge is 0.258 e. The molecule has 0 aliphatic carbocycles. The number of fused-ring (bicyclic) bond motifs is 1. The van der Waals surface area contributed by atoms with E-state index in [1.54, 1.807) is 48.5 Å². The Morgan fingerprint density at radius 2 is 1.83 bits per heavy atom. The van der Waals surface area contributed by atoms with E-state index in [1.165, 1.54) is 21.6 Å². The van der Waals surface area contributed by atoms with Gasteiger partial charge in [0.2, 0.25) is 17.7 Å². The quantitative estimate of drug-likeness (QED) is 0.800. The first-order valence-corrected chi connectivity index (χ1v) is 10.1. The summed E-state index contributed by atoms with van der Waals surface area (Å²) in [6.45, 7) is -0.0532. The van der Waals surface area contributed by atoms with Crippen LogP contribution in [0.3, 0.4) is 0 Å². The van der Waals surface area contributed by atoms with E-state index in [1.807, 2.05) is 0 Å². The predicted octanol–water partition coefficient (Wildman–Crippen LogP) is 1.76. The molecule has 1 saturated heterocycles. The molecule has 8 nitrogen and oxygen atoms in total. The Kier molecular flexibility index (Phi) is 5.22. The summed E-state index contributed by atoms with van der Waals surface area (Å²) in [5, 5.41) is 5.48. The molecule has 0 radical (unpaired) electrons.